The summed E-state index contributed by atoms with van der Waals surface area (Å²) in [5.74, 6) is -0.0203. The van der Waals surface area contributed by atoms with Gasteiger partial charge in [0.15, 0.2) is 5.78 Å². The number of ether oxygens (including phenoxy) is 1. The minimum Gasteiger partial charge on any atom is -0.496 e. The van der Waals surface area contributed by atoms with Crippen molar-refractivity contribution in [2.45, 2.75) is 18.7 Å². The normalized spacial score (nSPS) is 12.5. The first kappa shape index (κ1) is 20.1. The van der Waals surface area contributed by atoms with Crippen LogP contribution in [0.4, 0.5) is 0 Å². The van der Waals surface area contributed by atoms with Gasteiger partial charge < -0.3 is 8.92 Å². The molecule has 0 amide bonds. The summed E-state index contributed by atoms with van der Waals surface area (Å²) >= 11 is 0. The molecule has 7 nitrogen and oxygen atoms in total. The second-order valence-corrected chi connectivity index (χ2v) is 9.10. The molecule has 0 aliphatic heterocycles. The number of aryl methyl sites for hydroxylation is 2. The molecule has 0 radical (unpaired) electrons. The van der Waals surface area contributed by atoms with Crippen LogP contribution in [0.25, 0.3) is 22.0 Å². The quantitative estimate of drug-likeness (QED) is 0.381. The molecule has 1 aliphatic carbocycles. The number of aromatic nitrogens is 2. The Morgan fingerprint density at radius 1 is 0.906 bits per heavy atom. The van der Waals surface area contributed by atoms with Gasteiger partial charge in [-0.1, -0.05) is 17.7 Å². The number of carbonyl (C=O) groups is 1. The van der Waals surface area contributed by atoms with Gasteiger partial charge in [-0.25, -0.2) is 4.98 Å². The van der Waals surface area contributed by atoms with Crippen LogP contribution in [0, 0.1) is 13.8 Å². The van der Waals surface area contributed by atoms with Crippen LogP contribution in [0.3, 0.4) is 0 Å². The van der Waals surface area contributed by atoms with E-state index in [1.165, 1.54) is 18.3 Å². The van der Waals surface area contributed by atoms with Gasteiger partial charge in [-0.15, -0.1) is 0 Å². The van der Waals surface area contributed by atoms with Crippen LogP contribution in [0.5, 0.6) is 11.6 Å². The number of ketones is 1. The zero-order valence-electron chi connectivity index (χ0n) is 17.5. The minimum absolute atomic E-state index is 0.0225. The number of carbonyl (C=O) groups excluding carboxylic acids is 1. The van der Waals surface area contributed by atoms with E-state index in [4.69, 9.17) is 8.92 Å². The Balaban J connectivity index is 1.80. The van der Waals surface area contributed by atoms with E-state index in [2.05, 4.69) is 9.97 Å². The number of benzene rings is 2. The third kappa shape index (κ3) is 2.95. The molecule has 8 heteroatoms. The van der Waals surface area contributed by atoms with Crippen molar-refractivity contribution in [1.29, 1.82) is 0 Å². The van der Waals surface area contributed by atoms with Crippen molar-refractivity contribution in [3.63, 3.8) is 0 Å². The van der Waals surface area contributed by atoms with Gasteiger partial charge in [0.1, 0.15) is 10.6 Å². The summed E-state index contributed by atoms with van der Waals surface area (Å²) in [6.07, 6.45) is 3.12. The standard InChI is InChI=1S/C24H18N2O5S/c1-13-4-6-15(7-5-13)32(28,29)31-24-21-20(18-12-25-11-10-16(18)23(21)27)17-8-9-19(30-3)14(2)22(17)26-24/h4-12H,1-3H3. The maximum atomic E-state index is 13.3. The Bertz CT molecular complexity index is 1530. The number of fused-ring (bicyclic) bond motifs is 5. The topological polar surface area (TPSA) is 95.5 Å². The Labute approximate surface area is 184 Å². The molecular weight excluding hydrogens is 428 g/mol. The zero-order chi connectivity index (χ0) is 22.6. The molecule has 0 fully saturated rings. The molecule has 0 unspecified atom stereocenters. The zero-order valence-corrected chi connectivity index (χ0v) is 18.4. The van der Waals surface area contributed by atoms with Crippen molar-refractivity contribution in [1.82, 2.24) is 9.97 Å². The lowest BCUT2D eigenvalue weighted by Gasteiger charge is -2.14. The van der Waals surface area contributed by atoms with Gasteiger partial charge in [0.2, 0.25) is 5.88 Å². The van der Waals surface area contributed by atoms with E-state index in [0.717, 1.165) is 5.56 Å². The Kier molecular flexibility index (Phi) is 4.49. The van der Waals surface area contributed by atoms with Crippen LogP contribution in [-0.2, 0) is 10.1 Å². The molecule has 0 bridgehead atoms. The molecule has 0 atom stereocenters. The van der Waals surface area contributed by atoms with E-state index in [0.29, 0.717) is 38.9 Å². The van der Waals surface area contributed by atoms with Crippen molar-refractivity contribution in [2.75, 3.05) is 7.11 Å². The lowest BCUT2D eigenvalue weighted by Crippen LogP contribution is -2.13. The van der Waals surface area contributed by atoms with Crippen molar-refractivity contribution in [3.05, 3.63) is 77.1 Å². The number of rotatable bonds is 4. The van der Waals surface area contributed by atoms with Crippen LogP contribution >= 0.6 is 0 Å². The fraction of sp³-hybridized carbons (Fsp3) is 0.125. The highest BCUT2D eigenvalue weighted by Crippen LogP contribution is 2.46. The number of hydrogen-bond acceptors (Lipinski definition) is 7. The van der Waals surface area contributed by atoms with Crippen LogP contribution in [0.2, 0.25) is 0 Å². The first-order chi connectivity index (χ1) is 15.3. The fourth-order valence-corrected chi connectivity index (χ4v) is 4.88. The van der Waals surface area contributed by atoms with Gasteiger partial charge in [0, 0.05) is 40.0 Å². The van der Waals surface area contributed by atoms with Crippen molar-refractivity contribution < 1.29 is 22.1 Å². The Morgan fingerprint density at radius 2 is 1.66 bits per heavy atom. The summed E-state index contributed by atoms with van der Waals surface area (Å²) in [5, 5.41) is 0.693. The molecule has 0 saturated carbocycles. The molecule has 0 N–H and O–H groups in total. The smallest absolute Gasteiger partial charge is 0.340 e. The van der Waals surface area contributed by atoms with Gasteiger partial charge in [0.25, 0.3) is 0 Å². The second-order valence-electron chi connectivity index (χ2n) is 7.56. The summed E-state index contributed by atoms with van der Waals surface area (Å²) in [6, 6.07) is 11.5. The third-order valence-electron chi connectivity index (χ3n) is 5.61. The van der Waals surface area contributed by atoms with Crippen LogP contribution < -0.4 is 8.92 Å². The molecule has 32 heavy (non-hydrogen) atoms. The molecule has 0 saturated heterocycles. The molecular formula is C24H18N2O5S. The molecule has 4 aromatic rings. The number of hydrogen-bond donors (Lipinski definition) is 0. The van der Waals surface area contributed by atoms with Crippen molar-refractivity contribution in [2.24, 2.45) is 0 Å². The van der Waals surface area contributed by atoms with Gasteiger partial charge in [-0.3, -0.25) is 9.78 Å². The van der Waals surface area contributed by atoms with Crippen molar-refractivity contribution >= 4 is 26.8 Å². The van der Waals surface area contributed by atoms with Gasteiger partial charge >= 0.3 is 10.1 Å². The van der Waals surface area contributed by atoms with Gasteiger partial charge in [-0.05, 0) is 44.2 Å². The van der Waals surface area contributed by atoms with Crippen LogP contribution in [0.15, 0.2) is 59.8 Å². The maximum Gasteiger partial charge on any atom is 0.340 e. The second kappa shape index (κ2) is 7.13. The third-order valence-corrected chi connectivity index (χ3v) is 6.83. The summed E-state index contributed by atoms with van der Waals surface area (Å²) in [7, 11) is -2.68. The highest BCUT2D eigenvalue weighted by Gasteiger charge is 2.35. The number of pyridine rings is 2. The average molecular weight is 446 g/mol. The lowest BCUT2D eigenvalue weighted by atomic mass is 9.99. The highest BCUT2D eigenvalue weighted by atomic mass is 32.2. The first-order valence-electron chi connectivity index (χ1n) is 9.83. The van der Waals surface area contributed by atoms with E-state index in [1.807, 2.05) is 13.8 Å². The monoisotopic (exact) mass is 446 g/mol. The van der Waals surface area contributed by atoms with E-state index in [1.54, 1.807) is 43.6 Å². The lowest BCUT2D eigenvalue weighted by molar-refractivity contribution is 0.104. The first-order valence-corrected chi connectivity index (χ1v) is 11.2. The Hall–Kier alpha value is -3.78. The molecule has 0 spiro atoms. The van der Waals surface area contributed by atoms with Gasteiger partial charge in [0.05, 0.1) is 18.2 Å². The van der Waals surface area contributed by atoms with Crippen LogP contribution in [0.1, 0.15) is 27.0 Å². The minimum atomic E-state index is -4.22. The molecule has 5 rings (SSSR count). The summed E-state index contributed by atoms with van der Waals surface area (Å²) in [4.78, 5) is 21.9. The fourth-order valence-electron chi connectivity index (χ4n) is 3.98. The largest absolute Gasteiger partial charge is 0.496 e. The van der Waals surface area contributed by atoms with E-state index in [-0.39, 0.29) is 22.1 Å². The van der Waals surface area contributed by atoms with E-state index < -0.39 is 10.1 Å². The molecule has 2 aromatic heterocycles. The molecule has 1 aliphatic rings. The number of nitrogens with zero attached hydrogens (tertiary/aromatic N) is 2. The van der Waals surface area contributed by atoms with E-state index >= 15 is 0 Å². The predicted molar refractivity (Wildman–Crippen MR) is 119 cm³/mol. The molecule has 2 heterocycles. The Morgan fingerprint density at radius 3 is 2.38 bits per heavy atom. The molecule has 2 aromatic carbocycles. The van der Waals surface area contributed by atoms with Crippen LogP contribution in [-0.4, -0.2) is 31.3 Å². The molecule has 160 valence electrons. The highest BCUT2D eigenvalue weighted by molar-refractivity contribution is 7.87. The maximum absolute atomic E-state index is 13.3. The van der Waals surface area contributed by atoms with Crippen molar-refractivity contribution in [3.8, 4) is 22.8 Å². The number of methoxy groups -OCH3 is 1. The summed E-state index contributed by atoms with van der Waals surface area (Å²) < 4.78 is 36.9. The predicted octanol–water partition coefficient (Wildman–Crippen LogP) is 4.23. The van der Waals surface area contributed by atoms with Gasteiger partial charge in [-0.2, -0.15) is 8.42 Å². The van der Waals surface area contributed by atoms with E-state index in [9.17, 15) is 13.2 Å². The summed E-state index contributed by atoms with van der Waals surface area (Å²) in [6.45, 7) is 3.68. The SMILES string of the molecule is COc1ccc2c3c(c(OS(=O)(=O)c4ccc(C)cc4)nc2c1C)C(=O)c1ccncc1-3. The summed E-state index contributed by atoms with van der Waals surface area (Å²) in [5.41, 5.74) is 3.81. The average Bonchev–Trinajstić information content (AvgIpc) is 3.08.